The standard InChI is InChI=1S/C18H25BN2O3S2/c1-12(22)26-11-14(19-23-17(2,3)18(4,5)24-19)10-13-8-6-7-9-15(13)21-16(20)25/h6-10H,11H2,1-5H3,(H3,20,21,25). The molecule has 1 aliphatic rings. The molecule has 0 aliphatic carbocycles. The fourth-order valence-electron chi connectivity index (χ4n) is 2.43. The highest BCUT2D eigenvalue weighted by Gasteiger charge is 2.52. The van der Waals surface area contributed by atoms with Crippen molar-refractivity contribution < 1.29 is 14.1 Å². The van der Waals surface area contributed by atoms with Crippen molar-refractivity contribution in [3.8, 4) is 0 Å². The second-order valence-electron chi connectivity index (χ2n) is 7.16. The van der Waals surface area contributed by atoms with Gasteiger partial charge < -0.3 is 20.4 Å². The quantitative estimate of drug-likeness (QED) is 0.585. The summed E-state index contributed by atoms with van der Waals surface area (Å²) in [5.74, 6) is 0.480. The van der Waals surface area contributed by atoms with Gasteiger partial charge in [0, 0.05) is 18.4 Å². The molecule has 0 amide bonds. The summed E-state index contributed by atoms with van der Waals surface area (Å²) >= 11 is 6.18. The topological polar surface area (TPSA) is 73.6 Å². The van der Waals surface area contributed by atoms with E-state index in [0.717, 1.165) is 16.7 Å². The minimum Gasteiger partial charge on any atom is -0.400 e. The maximum atomic E-state index is 11.5. The number of nitrogens with two attached hydrogens (primary N) is 1. The van der Waals surface area contributed by atoms with Crippen molar-refractivity contribution in [1.82, 2.24) is 0 Å². The van der Waals surface area contributed by atoms with Crippen molar-refractivity contribution in [1.29, 1.82) is 0 Å². The molecule has 26 heavy (non-hydrogen) atoms. The molecule has 0 unspecified atom stereocenters. The van der Waals surface area contributed by atoms with Gasteiger partial charge in [-0.1, -0.05) is 36.0 Å². The van der Waals surface area contributed by atoms with Gasteiger partial charge in [0.1, 0.15) is 0 Å². The molecule has 1 aliphatic heterocycles. The Labute approximate surface area is 165 Å². The van der Waals surface area contributed by atoms with Crippen LogP contribution in [0.5, 0.6) is 0 Å². The summed E-state index contributed by atoms with van der Waals surface area (Å²) in [7, 11) is -0.523. The van der Waals surface area contributed by atoms with Crippen LogP contribution in [-0.4, -0.2) is 34.3 Å². The number of benzene rings is 1. The van der Waals surface area contributed by atoms with E-state index in [-0.39, 0.29) is 10.2 Å². The van der Waals surface area contributed by atoms with Crippen LogP contribution in [0.4, 0.5) is 5.69 Å². The lowest BCUT2D eigenvalue weighted by atomic mass is 9.78. The highest BCUT2D eigenvalue weighted by atomic mass is 32.2. The number of carbonyl (C=O) groups is 1. The van der Waals surface area contributed by atoms with Crippen molar-refractivity contribution >= 4 is 53.1 Å². The van der Waals surface area contributed by atoms with E-state index in [9.17, 15) is 4.79 Å². The van der Waals surface area contributed by atoms with Gasteiger partial charge in [-0.15, -0.1) is 0 Å². The summed E-state index contributed by atoms with van der Waals surface area (Å²) in [6, 6.07) is 7.67. The lowest BCUT2D eigenvalue weighted by Crippen LogP contribution is -2.41. The Morgan fingerprint density at radius 2 is 1.85 bits per heavy atom. The Morgan fingerprint density at radius 3 is 2.38 bits per heavy atom. The molecule has 0 saturated carbocycles. The number of thiocarbonyl (C=S) groups is 1. The van der Waals surface area contributed by atoms with Gasteiger partial charge in [-0.05, 0) is 57.0 Å². The SMILES string of the molecule is CC(=O)SCC(=Cc1ccccc1NC(N)=S)B1OC(C)(C)C(C)(C)O1. The summed E-state index contributed by atoms with van der Waals surface area (Å²) in [5, 5.41) is 3.21. The third-order valence-corrected chi connectivity index (χ3v) is 5.54. The van der Waals surface area contributed by atoms with Gasteiger partial charge in [0.2, 0.25) is 0 Å². The van der Waals surface area contributed by atoms with Crippen LogP contribution in [0.25, 0.3) is 6.08 Å². The van der Waals surface area contributed by atoms with E-state index in [4.69, 9.17) is 27.3 Å². The fraction of sp³-hybridized carbons (Fsp3) is 0.444. The van der Waals surface area contributed by atoms with Gasteiger partial charge in [0.25, 0.3) is 0 Å². The van der Waals surface area contributed by atoms with Crippen LogP contribution in [0.1, 0.15) is 40.2 Å². The number of nitrogens with one attached hydrogen (secondary N) is 1. The summed E-state index contributed by atoms with van der Waals surface area (Å²) in [6.45, 7) is 9.57. The molecule has 3 N–H and O–H groups in total. The van der Waals surface area contributed by atoms with E-state index >= 15 is 0 Å². The second-order valence-corrected chi connectivity index (χ2v) is 8.76. The molecule has 1 saturated heterocycles. The molecular weight excluding hydrogens is 367 g/mol. The number of thioether (sulfide) groups is 1. The van der Waals surface area contributed by atoms with Crippen molar-refractivity contribution in [2.45, 2.75) is 45.8 Å². The van der Waals surface area contributed by atoms with Crippen molar-refractivity contribution in [2.24, 2.45) is 5.73 Å². The molecule has 1 aromatic rings. The van der Waals surface area contributed by atoms with Crippen molar-refractivity contribution in [3.63, 3.8) is 0 Å². The second kappa shape index (κ2) is 8.13. The van der Waals surface area contributed by atoms with Crippen LogP contribution < -0.4 is 11.1 Å². The van der Waals surface area contributed by atoms with Gasteiger partial charge in [-0.3, -0.25) is 4.79 Å². The van der Waals surface area contributed by atoms with E-state index in [2.05, 4.69) is 5.32 Å². The predicted octanol–water partition coefficient (Wildman–Crippen LogP) is 3.64. The third-order valence-electron chi connectivity index (χ3n) is 4.56. The van der Waals surface area contributed by atoms with Gasteiger partial charge >= 0.3 is 7.12 Å². The molecule has 1 aromatic carbocycles. The van der Waals surface area contributed by atoms with Gasteiger partial charge in [-0.25, -0.2) is 0 Å². The molecule has 2 rings (SSSR count). The van der Waals surface area contributed by atoms with Crippen molar-refractivity contribution in [3.05, 3.63) is 35.3 Å². The first-order valence-corrected chi connectivity index (χ1v) is 9.76. The summed E-state index contributed by atoms with van der Waals surface area (Å²) in [4.78, 5) is 11.5. The number of carbonyl (C=O) groups excluding carboxylic acids is 1. The maximum Gasteiger partial charge on any atom is 0.491 e. The summed E-state index contributed by atoms with van der Waals surface area (Å²) in [6.07, 6.45) is 1.97. The zero-order chi connectivity index (χ0) is 19.5. The average molecular weight is 392 g/mol. The van der Waals surface area contributed by atoms with Crippen LogP contribution >= 0.6 is 24.0 Å². The molecule has 0 aromatic heterocycles. The molecule has 1 fully saturated rings. The van der Waals surface area contributed by atoms with Crippen LogP contribution in [0.15, 0.2) is 29.7 Å². The monoisotopic (exact) mass is 392 g/mol. The Hall–Kier alpha value is -1.35. The molecule has 0 spiro atoms. The zero-order valence-corrected chi connectivity index (χ0v) is 17.4. The molecule has 0 radical (unpaired) electrons. The number of rotatable bonds is 5. The Balaban J connectivity index is 2.38. The molecular formula is C18H25BN2O3S2. The normalized spacial score (nSPS) is 18.7. The molecule has 1 heterocycles. The molecule has 5 nitrogen and oxygen atoms in total. The fourth-order valence-corrected chi connectivity index (χ4v) is 3.13. The molecule has 0 bridgehead atoms. The van der Waals surface area contributed by atoms with Crippen molar-refractivity contribution in [2.75, 3.05) is 11.1 Å². The molecule has 0 atom stereocenters. The van der Waals surface area contributed by atoms with Crippen LogP contribution in [0, 0.1) is 0 Å². The number of anilines is 1. The van der Waals surface area contributed by atoms with E-state index in [1.165, 1.54) is 11.8 Å². The predicted molar refractivity (Wildman–Crippen MR) is 114 cm³/mol. The molecule has 140 valence electrons. The first kappa shape index (κ1) is 21.0. The van der Waals surface area contributed by atoms with Crippen LogP contribution in [0.3, 0.4) is 0 Å². The average Bonchev–Trinajstić information content (AvgIpc) is 2.72. The smallest absolute Gasteiger partial charge is 0.400 e. The van der Waals surface area contributed by atoms with Gasteiger partial charge in [0.15, 0.2) is 10.2 Å². The first-order chi connectivity index (χ1) is 12.0. The number of para-hydroxylation sites is 1. The largest absolute Gasteiger partial charge is 0.491 e. The summed E-state index contributed by atoms with van der Waals surface area (Å²) in [5.41, 5.74) is 7.28. The van der Waals surface area contributed by atoms with E-state index < -0.39 is 18.3 Å². The first-order valence-electron chi connectivity index (χ1n) is 8.37. The Morgan fingerprint density at radius 1 is 1.27 bits per heavy atom. The van der Waals surface area contributed by atoms with E-state index in [1.54, 1.807) is 6.92 Å². The van der Waals surface area contributed by atoms with Crippen LogP contribution in [-0.2, 0) is 14.1 Å². The Kier molecular flexibility index (Phi) is 6.55. The third kappa shape index (κ3) is 5.10. The minimum absolute atomic E-state index is 0.0435. The number of hydrogen-bond acceptors (Lipinski definition) is 5. The summed E-state index contributed by atoms with van der Waals surface area (Å²) < 4.78 is 12.3. The lowest BCUT2D eigenvalue weighted by Gasteiger charge is -2.32. The lowest BCUT2D eigenvalue weighted by molar-refractivity contribution is -0.109. The Bertz CT molecular complexity index is 719. The van der Waals surface area contributed by atoms with E-state index in [1.807, 2.05) is 58.0 Å². The van der Waals surface area contributed by atoms with Gasteiger partial charge in [0.05, 0.1) is 11.2 Å². The van der Waals surface area contributed by atoms with Crippen LogP contribution in [0.2, 0.25) is 0 Å². The number of hydrogen-bond donors (Lipinski definition) is 2. The molecule has 8 heteroatoms. The van der Waals surface area contributed by atoms with Gasteiger partial charge in [-0.2, -0.15) is 0 Å². The highest BCUT2D eigenvalue weighted by molar-refractivity contribution is 8.13. The highest BCUT2D eigenvalue weighted by Crippen LogP contribution is 2.39. The minimum atomic E-state index is -0.523. The van der Waals surface area contributed by atoms with E-state index in [0.29, 0.717) is 5.75 Å². The zero-order valence-electron chi connectivity index (χ0n) is 15.8. The maximum absolute atomic E-state index is 11.5.